The average molecular weight is 501 g/mol. The zero-order valence-electron chi connectivity index (χ0n) is 20.9. The van der Waals surface area contributed by atoms with Gasteiger partial charge in [0.2, 0.25) is 0 Å². The second kappa shape index (κ2) is 11.4. The van der Waals surface area contributed by atoms with Gasteiger partial charge in [0.05, 0.1) is 18.9 Å². The second-order valence-electron chi connectivity index (χ2n) is 8.30. The molecule has 4 rings (SSSR count). The summed E-state index contributed by atoms with van der Waals surface area (Å²) in [4.78, 5) is 39.3. The van der Waals surface area contributed by atoms with E-state index in [-0.39, 0.29) is 5.57 Å². The molecule has 0 aromatic heterocycles. The third-order valence-corrected chi connectivity index (χ3v) is 5.60. The van der Waals surface area contributed by atoms with Crippen LogP contribution in [-0.4, -0.2) is 31.1 Å². The van der Waals surface area contributed by atoms with Gasteiger partial charge < -0.3 is 14.2 Å². The van der Waals surface area contributed by atoms with Crippen molar-refractivity contribution in [1.82, 2.24) is 5.32 Å². The largest absolute Gasteiger partial charge is 0.490 e. The normalized spacial score (nSPS) is 14.5. The maximum atomic E-state index is 13.2. The zero-order valence-corrected chi connectivity index (χ0v) is 20.9. The minimum atomic E-state index is -0.817. The van der Waals surface area contributed by atoms with Gasteiger partial charge in [-0.25, -0.2) is 9.69 Å². The summed E-state index contributed by atoms with van der Waals surface area (Å²) in [5, 5.41) is 2.24. The number of amides is 4. The lowest BCUT2D eigenvalue weighted by Gasteiger charge is -2.26. The summed E-state index contributed by atoms with van der Waals surface area (Å²) in [6, 6.07) is 18.8. The van der Waals surface area contributed by atoms with Gasteiger partial charge >= 0.3 is 6.03 Å². The minimum absolute atomic E-state index is 0.175. The van der Waals surface area contributed by atoms with Crippen molar-refractivity contribution in [1.29, 1.82) is 0 Å². The Hall–Kier alpha value is -4.59. The number of ether oxygens (including phenoxy) is 3. The van der Waals surface area contributed by atoms with Gasteiger partial charge in [-0.3, -0.25) is 14.9 Å². The summed E-state index contributed by atoms with van der Waals surface area (Å²) in [7, 11) is 0. The molecule has 0 spiro atoms. The van der Waals surface area contributed by atoms with E-state index in [2.05, 4.69) is 5.32 Å². The van der Waals surface area contributed by atoms with Crippen LogP contribution in [0.3, 0.4) is 0 Å². The van der Waals surface area contributed by atoms with E-state index in [4.69, 9.17) is 14.2 Å². The SMILES string of the molecule is CCOc1ccc(/C=C2\C(=O)NC(=O)N(c3ccc(OCc4ccc(C)cc4)cc3)C2=O)cc1OCC. The third-order valence-electron chi connectivity index (χ3n) is 5.60. The fourth-order valence-corrected chi connectivity index (χ4v) is 3.76. The molecule has 3 aromatic rings. The maximum Gasteiger partial charge on any atom is 0.335 e. The number of carbonyl (C=O) groups is 3. The van der Waals surface area contributed by atoms with Crippen LogP contribution in [0.2, 0.25) is 0 Å². The first-order valence-corrected chi connectivity index (χ1v) is 12.0. The number of carbonyl (C=O) groups excluding carboxylic acids is 3. The van der Waals surface area contributed by atoms with Crippen LogP contribution in [0.15, 0.2) is 72.3 Å². The molecule has 0 atom stereocenters. The Kier molecular flexibility index (Phi) is 7.88. The Morgan fingerprint density at radius 2 is 1.49 bits per heavy atom. The summed E-state index contributed by atoms with van der Waals surface area (Å²) >= 11 is 0. The van der Waals surface area contributed by atoms with E-state index in [1.165, 1.54) is 11.6 Å². The molecule has 1 fully saturated rings. The molecule has 8 heteroatoms. The second-order valence-corrected chi connectivity index (χ2v) is 8.30. The molecule has 190 valence electrons. The van der Waals surface area contributed by atoms with E-state index < -0.39 is 17.8 Å². The van der Waals surface area contributed by atoms with E-state index >= 15 is 0 Å². The maximum absolute atomic E-state index is 13.2. The summed E-state index contributed by atoms with van der Waals surface area (Å²) in [5.41, 5.74) is 2.88. The average Bonchev–Trinajstić information content (AvgIpc) is 2.88. The van der Waals surface area contributed by atoms with Crippen molar-refractivity contribution >= 4 is 29.6 Å². The number of benzene rings is 3. The molecule has 8 nitrogen and oxygen atoms in total. The molecule has 0 saturated carbocycles. The number of anilines is 1. The molecule has 1 aliphatic heterocycles. The monoisotopic (exact) mass is 500 g/mol. The first-order valence-electron chi connectivity index (χ1n) is 12.0. The number of barbiturate groups is 1. The smallest absolute Gasteiger partial charge is 0.335 e. The van der Waals surface area contributed by atoms with Gasteiger partial charge in [-0.2, -0.15) is 0 Å². The van der Waals surface area contributed by atoms with Crippen LogP contribution in [0.5, 0.6) is 17.2 Å². The van der Waals surface area contributed by atoms with Crippen LogP contribution in [0.4, 0.5) is 10.5 Å². The van der Waals surface area contributed by atoms with Crippen LogP contribution < -0.4 is 24.4 Å². The van der Waals surface area contributed by atoms with E-state index in [9.17, 15) is 14.4 Å². The van der Waals surface area contributed by atoms with Crippen LogP contribution in [0.25, 0.3) is 6.08 Å². The van der Waals surface area contributed by atoms with E-state index in [0.29, 0.717) is 48.3 Å². The van der Waals surface area contributed by atoms with Gasteiger partial charge in [-0.05, 0) is 74.4 Å². The Morgan fingerprint density at radius 1 is 0.811 bits per heavy atom. The Bertz CT molecular complexity index is 1330. The molecule has 0 aliphatic carbocycles. The molecule has 0 bridgehead atoms. The van der Waals surface area contributed by atoms with Crippen molar-refractivity contribution in [2.75, 3.05) is 18.1 Å². The molecule has 4 amide bonds. The lowest BCUT2D eigenvalue weighted by Crippen LogP contribution is -2.54. The fraction of sp³-hybridized carbons (Fsp3) is 0.207. The van der Waals surface area contributed by atoms with Crippen molar-refractivity contribution in [2.24, 2.45) is 0 Å². The minimum Gasteiger partial charge on any atom is -0.490 e. The Morgan fingerprint density at radius 3 is 2.16 bits per heavy atom. The summed E-state index contributed by atoms with van der Waals surface area (Å²) in [6.45, 7) is 7.01. The van der Waals surface area contributed by atoms with Crippen molar-refractivity contribution < 1.29 is 28.6 Å². The van der Waals surface area contributed by atoms with Crippen molar-refractivity contribution in [3.05, 3.63) is 89.0 Å². The molecule has 3 aromatic carbocycles. The van der Waals surface area contributed by atoms with E-state index in [1.807, 2.05) is 45.0 Å². The lowest BCUT2D eigenvalue weighted by atomic mass is 10.1. The molecule has 1 heterocycles. The summed E-state index contributed by atoms with van der Waals surface area (Å²) < 4.78 is 17.0. The summed E-state index contributed by atoms with van der Waals surface area (Å²) in [5.74, 6) is 0.146. The van der Waals surface area contributed by atoms with E-state index in [1.54, 1.807) is 42.5 Å². The van der Waals surface area contributed by atoms with Crippen molar-refractivity contribution in [3.63, 3.8) is 0 Å². The van der Waals surface area contributed by atoms with Gasteiger partial charge in [-0.1, -0.05) is 35.9 Å². The van der Waals surface area contributed by atoms with Crippen molar-refractivity contribution in [3.8, 4) is 17.2 Å². The molecule has 0 radical (unpaired) electrons. The van der Waals surface area contributed by atoms with Crippen LogP contribution in [0, 0.1) is 6.92 Å². The molecule has 1 aliphatic rings. The molecule has 1 saturated heterocycles. The predicted octanol–water partition coefficient (Wildman–Crippen LogP) is 5.04. The highest BCUT2D eigenvalue weighted by Crippen LogP contribution is 2.30. The number of aryl methyl sites for hydroxylation is 1. The van der Waals surface area contributed by atoms with Crippen LogP contribution in [-0.2, 0) is 16.2 Å². The fourth-order valence-electron chi connectivity index (χ4n) is 3.76. The van der Waals surface area contributed by atoms with Gasteiger partial charge in [0.1, 0.15) is 17.9 Å². The first-order chi connectivity index (χ1) is 17.9. The van der Waals surface area contributed by atoms with Gasteiger partial charge in [0.25, 0.3) is 11.8 Å². The number of imide groups is 2. The summed E-state index contributed by atoms with van der Waals surface area (Å²) in [6.07, 6.45) is 1.43. The van der Waals surface area contributed by atoms with Gasteiger partial charge in [0, 0.05) is 0 Å². The highest BCUT2D eigenvalue weighted by molar-refractivity contribution is 6.39. The third kappa shape index (κ3) is 5.98. The molecule has 37 heavy (non-hydrogen) atoms. The number of urea groups is 1. The standard InChI is InChI=1S/C29H28N2O6/c1-4-35-25-15-10-21(17-26(25)36-5-2)16-24-27(32)30-29(34)31(28(24)33)22-11-13-23(14-12-22)37-18-20-8-6-19(3)7-9-20/h6-17H,4-5,18H2,1-3H3,(H,30,32,34)/b24-16+. The lowest BCUT2D eigenvalue weighted by molar-refractivity contribution is -0.122. The molecular formula is C29H28N2O6. The highest BCUT2D eigenvalue weighted by atomic mass is 16.5. The van der Waals surface area contributed by atoms with Crippen LogP contribution in [0.1, 0.15) is 30.5 Å². The molecule has 1 N–H and O–H groups in total. The first kappa shape index (κ1) is 25.5. The number of hydrogen-bond donors (Lipinski definition) is 1. The Labute approximate surface area is 215 Å². The number of nitrogens with one attached hydrogen (secondary N) is 1. The quantitative estimate of drug-likeness (QED) is 0.327. The number of nitrogens with zero attached hydrogens (tertiary/aromatic N) is 1. The predicted molar refractivity (Wildman–Crippen MR) is 140 cm³/mol. The van der Waals surface area contributed by atoms with Crippen LogP contribution >= 0.6 is 0 Å². The number of hydrogen-bond acceptors (Lipinski definition) is 6. The van der Waals surface area contributed by atoms with Gasteiger partial charge in [-0.15, -0.1) is 0 Å². The molecular weight excluding hydrogens is 472 g/mol. The highest BCUT2D eigenvalue weighted by Gasteiger charge is 2.36. The van der Waals surface area contributed by atoms with Gasteiger partial charge in [0.15, 0.2) is 11.5 Å². The van der Waals surface area contributed by atoms with Crippen molar-refractivity contribution in [2.45, 2.75) is 27.4 Å². The zero-order chi connectivity index (χ0) is 26.4. The Balaban J connectivity index is 1.54. The number of rotatable bonds is 9. The van der Waals surface area contributed by atoms with E-state index in [0.717, 1.165) is 10.5 Å². The molecule has 0 unspecified atom stereocenters. The topological polar surface area (TPSA) is 94.2 Å².